The largest absolute Gasteiger partial charge is 0.468 e. The molecule has 2 rings (SSSR count). The molecule has 0 bridgehead atoms. The third-order valence-electron chi connectivity index (χ3n) is 4.41. The molecule has 1 N–H and O–H groups in total. The highest BCUT2D eigenvalue weighted by atomic mass is 16.5. The maximum atomic E-state index is 12.1. The molecule has 1 aliphatic heterocycles. The molecule has 122 valence electrons. The first kappa shape index (κ1) is 16.8. The van der Waals surface area contributed by atoms with E-state index in [2.05, 4.69) is 0 Å². The second-order valence-electron chi connectivity index (χ2n) is 5.21. The molecule has 1 aliphatic rings. The number of amides is 1. The Labute approximate surface area is 134 Å². The highest BCUT2D eigenvalue weighted by molar-refractivity contribution is 5.93. The first-order chi connectivity index (χ1) is 11.0. The SMILES string of the molecule is CC[C@]1([C@H](C#N)C(=O)OC)c2ccccc2N(C(=O)OC)[C@@H]1O. The van der Waals surface area contributed by atoms with Crippen molar-refractivity contribution >= 4 is 17.7 Å². The van der Waals surface area contributed by atoms with Gasteiger partial charge in [0.25, 0.3) is 0 Å². The number of carbonyl (C=O) groups excluding carboxylic acids is 2. The van der Waals surface area contributed by atoms with Crippen LogP contribution in [0.4, 0.5) is 10.5 Å². The summed E-state index contributed by atoms with van der Waals surface area (Å²) in [7, 11) is 2.38. The monoisotopic (exact) mass is 318 g/mol. The summed E-state index contributed by atoms with van der Waals surface area (Å²) >= 11 is 0. The fourth-order valence-electron chi connectivity index (χ4n) is 3.25. The van der Waals surface area contributed by atoms with Crippen LogP contribution >= 0.6 is 0 Å². The zero-order chi connectivity index (χ0) is 17.2. The van der Waals surface area contributed by atoms with Crippen LogP contribution in [0.1, 0.15) is 18.9 Å². The van der Waals surface area contributed by atoms with Crippen molar-refractivity contribution in [1.82, 2.24) is 0 Å². The molecule has 0 fully saturated rings. The van der Waals surface area contributed by atoms with Gasteiger partial charge in [-0.15, -0.1) is 0 Å². The van der Waals surface area contributed by atoms with E-state index in [1.807, 2.05) is 6.07 Å². The van der Waals surface area contributed by atoms with Crippen LogP contribution in [0.5, 0.6) is 0 Å². The first-order valence-corrected chi connectivity index (χ1v) is 7.11. The van der Waals surface area contributed by atoms with Crippen LogP contribution in [-0.2, 0) is 19.7 Å². The van der Waals surface area contributed by atoms with Crippen LogP contribution in [0.25, 0.3) is 0 Å². The van der Waals surface area contributed by atoms with Crippen molar-refractivity contribution in [3.05, 3.63) is 29.8 Å². The Morgan fingerprint density at radius 1 is 1.39 bits per heavy atom. The molecule has 3 atom stereocenters. The third-order valence-corrected chi connectivity index (χ3v) is 4.41. The highest BCUT2D eigenvalue weighted by Crippen LogP contribution is 2.51. The van der Waals surface area contributed by atoms with E-state index in [0.717, 1.165) is 4.90 Å². The zero-order valence-electron chi connectivity index (χ0n) is 13.1. The molecule has 0 spiro atoms. The number of esters is 1. The summed E-state index contributed by atoms with van der Waals surface area (Å²) in [6, 6.07) is 8.68. The summed E-state index contributed by atoms with van der Waals surface area (Å²) in [6.45, 7) is 1.74. The number of hydrogen-bond acceptors (Lipinski definition) is 6. The van der Waals surface area contributed by atoms with Gasteiger partial charge in [0.2, 0.25) is 0 Å². The number of rotatable bonds is 3. The normalized spacial score (nSPS) is 23.6. The van der Waals surface area contributed by atoms with Crippen LogP contribution in [-0.4, -0.2) is 37.6 Å². The molecule has 0 aromatic heterocycles. The van der Waals surface area contributed by atoms with Gasteiger partial charge < -0.3 is 14.6 Å². The summed E-state index contributed by atoms with van der Waals surface area (Å²) in [5, 5.41) is 20.3. The lowest BCUT2D eigenvalue weighted by atomic mass is 9.69. The lowest BCUT2D eigenvalue weighted by Crippen LogP contribution is -2.52. The summed E-state index contributed by atoms with van der Waals surface area (Å²) < 4.78 is 9.45. The van der Waals surface area contributed by atoms with Gasteiger partial charge in [0.15, 0.2) is 5.92 Å². The predicted molar refractivity (Wildman–Crippen MR) is 80.4 cm³/mol. The molecule has 0 saturated carbocycles. The number of hydrogen-bond donors (Lipinski definition) is 1. The average Bonchev–Trinajstić information content (AvgIpc) is 2.84. The molecule has 0 aliphatic carbocycles. The average molecular weight is 318 g/mol. The number of fused-ring (bicyclic) bond motifs is 1. The van der Waals surface area contributed by atoms with Crippen molar-refractivity contribution in [3.8, 4) is 6.07 Å². The van der Waals surface area contributed by atoms with E-state index in [1.54, 1.807) is 31.2 Å². The molecule has 0 radical (unpaired) electrons. The maximum Gasteiger partial charge on any atom is 0.416 e. The van der Waals surface area contributed by atoms with Gasteiger partial charge in [0, 0.05) is 0 Å². The van der Waals surface area contributed by atoms with Gasteiger partial charge >= 0.3 is 12.1 Å². The van der Waals surface area contributed by atoms with E-state index in [9.17, 15) is 20.0 Å². The van der Waals surface area contributed by atoms with Gasteiger partial charge in [-0.1, -0.05) is 25.1 Å². The van der Waals surface area contributed by atoms with Crippen LogP contribution < -0.4 is 4.90 Å². The minimum absolute atomic E-state index is 0.256. The molecule has 1 heterocycles. The number of methoxy groups -OCH3 is 2. The number of nitrogens with zero attached hydrogens (tertiary/aromatic N) is 2. The van der Waals surface area contributed by atoms with Crippen molar-refractivity contribution in [2.75, 3.05) is 19.1 Å². The Hall–Kier alpha value is -2.59. The first-order valence-electron chi connectivity index (χ1n) is 7.11. The molecule has 0 saturated heterocycles. The number of carbonyl (C=O) groups is 2. The topological polar surface area (TPSA) is 99.9 Å². The number of benzene rings is 1. The van der Waals surface area contributed by atoms with E-state index in [0.29, 0.717) is 11.3 Å². The number of aliphatic hydroxyl groups excluding tert-OH is 1. The van der Waals surface area contributed by atoms with Crippen LogP contribution in [0.15, 0.2) is 24.3 Å². The molecule has 1 amide bonds. The lowest BCUT2D eigenvalue weighted by Gasteiger charge is -2.36. The molecule has 23 heavy (non-hydrogen) atoms. The standard InChI is InChI=1S/C16H18N2O5/c1-4-16(11(9-17)13(19)22-2)10-7-5-6-8-12(10)18(14(16)20)15(21)23-3/h5-8,11,14,20H,4H2,1-3H3/t11-,14-,16-/m1/s1. The van der Waals surface area contributed by atoms with Gasteiger partial charge in [0.05, 0.1) is 31.4 Å². The Bertz CT molecular complexity index is 669. The van der Waals surface area contributed by atoms with E-state index < -0.39 is 29.6 Å². The van der Waals surface area contributed by atoms with Gasteiger partial charge in [-0.05, 0) is 18.1 Å². The summed E-state index contributed by atoms with van der Waals surface area (Å²) in [6.07, 6.45) is -1.92. The number of anilines is 1. The predicted octanol–water partition coefficient (Wildman–Crippen LogP) is 1.55. The van der Waals surface area contributed by atoms with E-state index in [-0.39, 0.29) is 6.42 Å². The Morgan fingerprint density at radius 3 is 2.57 bits per heavy atom. The molecule has 7 heteroatoms. The van der Waals surface area contributed by atoms with Crippen molar-refractivity contribution in [2.24, 2.45) is 5.92 Å². The van der Waals surface area contributed by atoms with Gasteiger partial charge in [0.1, 0.15) is 6.23 Å². The van der Waals surface area contributed by atoms with Crippen molar-refractivity contribution in [2.45, 2.75) is 25.0 Å². The van der Waals surface area contributed by atoms with Crippen molar-refractivity contribution < 1.29 is 24.2 Å². The fourth-order valence-corrected chi connectivity index (χ4v) is 3.25. The molecule has 1 aromatic rings. The molecular formula is C16H18N2O5. The second-order valence-corrected chi connectivity index (χ2v) is 5.21. The van der Waals surface area contributed by atoms with Gasteiger partial charge in [-0.2, -0.15) is 5.26 Å². The van der Waals surface area contributed by atoms with Gasteiger partial charge in [-0.3, -0.25) is 9.69 Å². The fraction of sp³-hybridized carbons (Fsp3) is 0.438. The quantitative estimate of drug-likeness (QED) is 0.849. The van der Waals surface area contributed by atoms with E-state index in [4.69, 9.17) is 9.47 Å². The number of nitriles is 1. The van der Waals surface area contributed by atoms with Gasteiger partial charge in [-0.25, -0.2) is 4.79 Å². The van der Waals surface area contributed by atoms with Crippen molar-refractivity contribution in [1.29, 1.82) is 5.26 Å². The van der Waals surface area contributed by atoms with Crippen LogP contribution in [0, 0.1) is 17.2 Å². The van der Waals surface area contributed by atoms with Crippen LogP contribution in [0.3, 0.4) is 0 Å². The molecule has 0 unspecified atom stereocenters. The van der Waals surface area contributed by atoms with Crippen molar-refractivity contribution in [3.63, 3.8) is 0 Å². The summed E-state index contributed by atoms with van der Waals surface area (Å²) in [5.74, 6) is -2.02. The minimum Gasteiger partial charge on any atom is -0.468 e. The molecule has 7 nitrogen and oxygen atoms in total. The smallest absolute Gasteiger partial charge is 0.416 e. The summed E-state index contributed by atoms with van der Waals surface area (Å²) in [4.78, 5) is 25.3. The Balaban J connectivity index is 2.71. The Kier molecular flexibility index (Phi) is 4.57. The second kappa shape index (κ2) is 6.26. The number of aliphatic hydroxyl groups is 1. The molecular weight excluding hydrogens is 300 g/mol. The third kappa shape index (κ3) is 2.23. The zero-order valence-corrected chi connectivity index (χ0v) is 13.1. The van der Waals surface area contributed by atoms with E-state index >= 15 is 0 Å². The minimum atomic E-state index is -1.42. The number of para-hydroxylation sites is 1. The Morgan fingerprint density at radius 2 is 2.04 bits per heavy atom. The van der Waals surface area contributed by atoms with E-state index in [1.165, 1.54) is 14.2 Å². The lowest BCUT2D eigenvalue weighted by molar-refractivity contribution is -0.147. The highest BCUT2D eigenvalue weighted by Gasteiger charge is 2.58. The summed E-state index contributed by atoms with van der Waals surface area (Å²) in [5.41, 5.74) is -0.331. The molecule has 1 aromatic carbocycles. The number of ether oxygens (including phenoxy) is 2. The maximum absolute atomic E-state index is 12.1. The van der Waals surface area contributed by atoms with Crippen LogP contribution in [0.2, 0.25) is 0 Å².